The van der Waals surface area contributed by atoms with Crippen molar-refractivity contribution in [3.63, 3.8) is 0 Å². The van der Waals surface area contributed by atoms with Crippen LogP contribution in [0.25, 0.3) is 0 Å². The molecule has 0 saturated carbocycles. The fourth-order valence-corrected chi connectivity index (χ4v) is 2.05. The molecule has 0 amide bonds. The van der Waals surface area contributed by atoms with E-state index in [1.165, 1.54) is 23.4 Å². The molecule has 0 radical (unpaired) electrons. The van der Waals surface area contributed by atoms with E-state index in [9.17, 15) is 0 Å². The van der Waals surface area contributed by atoms with Crippen molar-refractivity contribution in [3.8, 4) is 0 Å². The van der Waals surface area contributed by atoms with Gasteiger partial charge in [0.15, 0.2) is 0 Å². The lowest BCUT2D eigenvalue weighted by molar-refractivity contribution is 0.573. The SMILES string of the molecule is CNC1CCc2nn(C)c(C)c21. The lowest BCUT2D eigenvalue weighted by atomic mass is 10.1. The van der Waals surface area contributed by atoms with E-state index in [4.69, 9.17) is 0 Å². The van der Waals surface area contributed by atoms with Crippen molar-refractivity contribution in [2.75, 3.05) is 7.05 Å². The number of nitrogens with one attached hydrogen (secondary N) is 1. The van der Waals surface area contributed by atoms with Gasteiger partial charge in [-0.3, -0.25) is 4.68 Å². The molecule has 1 unspecified atom stereocenters. The summed E-state index contributed by atoms with van der Waals surface area (Å²) in [5.74, 6) is 0. The van der Waals surface area contributed by atoms with E-state index in [0.717, 1.165) is 6.42 Å². The lowest BCUT2D eigenvalue weighted by Crippen LogP contribution is -2.14. The van der Waals surface area contributed by atoms with Gasteiger partial charge in [0.1, 0.15) is 0 Å². The van der Waals surface area contributed by atoms with Crippen LogP contribution >= 0.6 is 0 Å². The van der Waals surface area contributed by atoms with Gasteiger partial charge in [0.25, 0.3) is 0 Å². The zero-order valence-corrected chi connectivity index (χ0v) is 7.89. The molecule has 12 heavy (non-hydrogen) atoms. The maximum absolute atomic E-state index is 4.47. The van der Waals surface area contributed by atoms with Crippen molar-refractivity contribution in [1.29, 1.82) is 0 Å². The zero-order chi connectivity index (χ0) is 8.72. The summed E-state index contributed by atoms with van der Waals surface area (Å²) in [4.78, 5) is 0. The first-order chi connectivity index (χ1) is 5.74. The number of aryl methyl sites for hydroxylation is 2. The van der Waals surface area contributed by atoms with Crippen LogP contribution in [0.2, 0.25) is 0 Å². The predicted molar refractivity (Wildman–Crippen MR) is 48.1 cm³/mol. The third-order valence-corrected chi connectivity index (χ3v) is 2.82. The fraction of sp³-hybridized carbons (Fsp3) is 0.667. The molecule has 0 aromatic carbocycles. The minimum absolute atomic E-state index is 0.536. The molecule has 1 atom stereocenters. The summed E-state index contributed by atoms with van der Waals surface area (Å²) in [6, 6.07) is 0.536. The van der Waals surface area contributed by atoms with E-state index in [2.05, 4.69) is 17.3 Å². The van der Waals surface area contributed by atoms with Gasteiger partial charge >= 0.3 is 0 Å². The second-order valence-electron chi connectivity index (χ2n) is 3.45. The van der Waals surface area contributed by atoms with E-state index < -0.39 is 0 Å². The van der Waals surface area contributed by atoms with Gasteiger partial charge in [-0.25, -0.2) is 0 Å². The standard InChI is InChI=1S/C9H15N3/c1-6-9-7(10-2)4-5-8(9)11-12(6)3/h7,10H,4-5H2,1-3H3. The first kappa shape index (κ1) is 7.80. The largest absolute Gasteiger partial charge is 0.313 e. The number of nitrogens with zero attached hydrogens (tertiary/aromatic N) is 2. The van der Waals surface area contributed by atoms with Gasteiger partial charge in [0, 0.05) is 24.3 Å². The van der Waals surface area contributed by atoms with Crippen LogP contribution in [0.1, 0.15) is 29.4 Å². The predicted octanol–water partition coefficient (Wildman–Crippen LogP) is 0.935. The molecule has 1 heterocycles. The highest BCUT2D eigenvalue weighted by Crippen LogP contribution is 2.32. The van der Waals surface area contributed by atoms with E-state index in [1.54, 1.807) is 0 Å². The lowest BCUT2D eigenvalue weighted by Gasteiger charge is -2.09. The van der Waals surface area contributed by atoms with Gasteiger partial charge in [-0.15, -0.1) is 0 Å². The van der Waals surface area contributed by atoms with Crippen LogP contribution in [-0.2, 0) is 13.5 Å². The van der Waals surface area contributed by atoms with Crippen molar-refractivity contribution in [3.05, 3.63) is 17.0 Å². The van der Waals surface area contributed by atoms with Crippen molar-refractivity contribution < 1.29 is 0 Å². The van der Waals surface area contributed by atoms with Crippen molar-refractivity contribution in [1.82, 2.24) is 15.1 Å². The molecule has 1 aromatic rings. The number of hydrogen-bond donors (Lipinski definition) is 1. The van der Waals surface area contributed by atoms with Gasteiger partial charge in [-0.05, 0) is 26.8 Å². The summed E-state index contributed by atoms with van der Waals surface area (Å²) in [5, 5.41) is 7.79. The second kappa shape index (κ2) is 2.59. The number of hydrogen-bond acceptors (Lipinski definition) is 2. The Morgan fingerprint density at radius 1 is 1.58 bits per heavy atom. The van der Waals surface area contributed by atoms with Gasteiger partial charge < -0.3 is 5.32 Å². The number of rotatable bonds is 1. The molecule has 66 valence electrons. The topological polar surface area (TPSA) is 29.9 Å². The smallest absolute Gasteiger partial charge is 0.0675 e. The average molecular weight is 165 g/mol. The molecule has 3 heteroatoms. The summed E-state index contributed by atoms with van der Waals surface area (Å²) in [6.07, 6.45) is 2.33. The summed E-state index contributed by atoms with van der Waals surface area (Å²) in [5.41, 5.74) is 4.02. The number of fused-ring (bicyclic) bond motifs is 1. The molecule has 0 bridgehead atoms. The second-order valence-corrected chi connectivity index (χ2v) is 3.45. The Bertz CT molecular complexity index is 301. The van der Waals surface area contributed by atoms with E-state index >= 15 is 0 Å². The Kier molecular flexibility index (Phi) is 1.68. The first-order valence-corrected chi connectivity index (χ1v) is 4.43. The molecule has 0 saturated heterocycles. The average Bonchev–Trinajstić information content (AvgIpc) is 2.55. The van der Waals surface area contributed by atoms with E-state index in [0.29, 0.717) is 6.04 Å². The molecule has 1 N–H and O–H groups in total. The monoisotopic (exact) mass is 165 g/mol. The third-order valence-electron chi connectivity index (χ3n) is 2.82. The van der Waals surface area contributed by atoms with Crippen LogP contribution in [0.5, 0.6) is 0 Å². The highest BCUT2D eigenvalue weighted by atomic mass is 15.3. The van der Waals surface area contributed by atoms with Crippen molar-refractivity contribution in [2.45, 2.75) is 25.8 Å². The van der Waals surface area contributed by atoms with Gasteiger partial charge in [0.2, 0.25) is 0 Å². The molecule has 1 aliphatic carbocycles. The van der Waals surface area contributed by atoms with Crippen LogP contribution < -0.4 is 5.32 Å². The Morgan fingerprint density at radius 2 is 2.33 bits per heavy atom. The maximum Gasteiger partial charge on any atom is 0.0675 e. The van der Waals surface area contributed by atoms with Crippen molar-refractivity contribution in [2.24, 2.45) is 7.05 Å². The summed E-state index contributed by atoms with van der Waals surface area (Å²) in [7, 11) is 4.03. The molecule has 0 fully saturated rings. The maximum atomic E-state index is 4.47. The molecular weight excluding hydrogens is 150 g/mol. The van der Waals surface area contributed by atoms with E-state index in [1.807, 2.05) is 18.8 Å². The first-order valence-electron chi connectivity index (χ1n) is 4.43. The molecule has 0 aliphatic heterocycles. The molecule has 1 aromatic heterocycles. The summed E-state index contributed by atoms with van der Waals surface area (Å²) >= 11 is 0. The Labute approximate surface area is 72.8 Å². The van der Waals surface area contributed by atoms with E-state index in [-0.39, 0.29) is 0 Å². The van der Waals surface area contributed by atoms with Gasteiger partial charge in [-0.1, -0.05) is 0 Å². The highest BCUT2D eigenvalue weighted by Gasteiger charge is 2.26. The molecule has 1 aliphatic rings. The Balaban J connectivity index is 2.48. The minimum Gasteiger partial charge on any atom is -0.313 e. The normalized spacial score (nSPS) is 21.4. The Hall–Kier alpha value is -0.830. The fourth-order valence-electron chi connectivity index (χ4n) is 2.05. The van der Waals surface area contributed by atoms with Crippen LogP contribution in [0.3, 0.4) is 0 Å². The molecule has 3 nitrogen and oxygen atoms in total. The third kappa shape index (κ3) is 0.894. The molecule has 2 rings (SSSR count). The molecular formula is C9H15N3. The van der Waals surface area contributed by atoms with Crippen molar-refractivity contribution >= 4 is 0 Å². The number of aromatic nitrogens is 2. The summed E-state index contributed by atoms with van der Waals surface area (Å²) in [6.45, 7) is 2.14. The Morgan fingerprint density at radius 3 is 3.00 bits per heavy atom. The summed E-state index contributed by atoms with van der Waals surface area (Å²) < 4.78 is 1.98. The van der Waals surface area contributed by atoms with Crippen LogP contribution in [0.15, 0.2) is 0 Å². The highest BCUT2D eigenvalue weighted by molar-refractivity contribution is 5.33. The van der Waals surface area contributed by atoms with Crippen LogP contribution in [-0.4, -0.2) is 16.8 Å². The van der Waals surface area contributed by atoms with Gasteiger partial charge in [-0.2, -0.15) is 5.10 Å². The quantitative estimate of drug-likeness (QED) is 0.671. The minimum atomic E-state index is 0.536. The molecule has 0 spiro atoms. The zero-order valence-electron chi connectivity index (χ0n) is 7.89. The van der Waals surface area contributed by atoms with Gasteiger partial charge in [0.05, 0.1) is 5.69 Å². The van der Waals surface area contributed by atoms with Crippen LogP contribution in [0.4, 0.5) is 0 Å². The van der Waals surface area contributed by atoms with Crippen LogP contribution in [0, 0.1) is 6.92 Å².